The molecule has 0 radical (unpaired) electrons. The number of hydrogen-bond acceptors (Lipinski definition) is 2. The summed E-state index contributed by atoms with van der Waals surface area (Å²) in [5, 5.41) is 0. The quantitative estimate of drug-likeness (QED) is 0.586. The van der Waals surface area contributed by atoms with Gasteiger partial charge < -0.3 is 4.74 Å². The van der Waals surface area contributed by atoms with Crippen molar-refractivity contribution in [2.24, 2.45) is 5.41 Å². The highest BCUT2D eigenvalue weighted by Gasteiger charge is 2.77. The fourth-order valence-corrected chi connectivity index (χ4v) is 0.679. The summed E-state index contributed by atoms with van der Waals surface area (Å²) in [6.07, 6.45) is -6.54. The number of alkyl halides is 7. The maximum Gasteiger partial charge on any atom is 0.460 e. The van der Waals surface area contributed by atoms with E-state index >= 15 is 0 Å². The molecular weight excluding hydrogens is 273 g/mol. The topological polar surface area (TPSA) is 26.3 Å². The largest absolute Gasteiger partial charge is 0.461 e. The fourth-order valence-electron chi connectivity index (χ4n) is 0.679. The van der Waals surface area contributed by atoms with E-state index in [1.807, 2.05) is 0 Å². The predicted octanol–water partition coefficient (Wildman–Crippen LogP) is 3.41. The van der Waals surface area contributed by atoms with Crippen molar-refractivity contribution in [3.8, 4) is 0 Å². The van der Waals surface area contributed by atoms with Gasteiger partial charge in [0.25, 0.3) is 0 Å². The van der Waals surface area contributed by atoms with E-state index in [2.05, 4.69) is 4.74 Å². The van der Waals surface area contributed by atoms with E-state index in [0.717, 1.165) is 0 Å². The molecule has 0 rings (SSSR count). The smallest absolute Gasteiger partial charge is 0.460 e. The Morgan fingerprint density at radius 1 is 0.944 bits per heavy atom. The molecule has 0 heterocycles. The number of esters is 1. The van der Waals surface area contributed by atoms with E-state index in [4.69, 9.17) is 0 Å². The van der Waals surface area contributed by atoms with Crippen molar-refractivity contribution >= 4 is 5.97 Å². The predicted molar refractivity (Wildman–Crippen MR) is 46.4 cm³/mol. The van der Waals surface area contributed by atoms with E-state index in [1.165, 1.54) is 20.8 Å². The Morgan fingerprint density at radius 2 is 1.33 bits per heavy atom. The van der Waals surface area contributed by atoms with Gasteiger partial charge in [0.05, 0.1) is 6.61 Å². The average molecular weight is 284 g/mol. The monoisotopic (exact) mass is 284 g/mol. The summed E-state index contributed by atoms with van der Waals surface area (Å²) in [6, 6.07) is 0. The second-order valence-corrected chi connectivity index (χ2v) is 4.78. The van der Waals surface area contributed by atoms with Crippen molar-refractivity contribution in [2.45, 2.75) is 38.8 Å². The van der Waals surface area contributed by atoms with Gasteiger partial charge in [0.1, 0.15) is 0 Å². The van der Waals surface area contributed by atoms with Crippen LogP contribution < -0.4 is 0 Å². The second-order valence-electron chi connectivity index (χ2n) is 4.78. The third-order valence-corrected chi connectivity index (χ3v) is 1.64. The molecule has 0 aromatic rings. The summed E-state index contributed by atoms with van der Waals surface area (Å²) >= 11 is 0. The Balaban J connectivity index is 4.99. The number of rotatable bonds is 3. The van der Waals surface area contributed by atoms with Gasteiger partial charge in [0, 0.05) is 0 Å². The van der Waals surface area contributed by atoms with Crippen LogP contribution in [0.1, 0.15) is 20.8 Å². The number of carbonyl (C=O) groups excluding carboxylic acids is 1. The van der Waals surface area contributed by atoms with E-state index in [0.29, 0.717) is 0 Å². The molecule has 0 aliphatic heterocycles. The summed E-state index contributed by atoms with van der Waals surface area (Å²) in [5.74, 6) is -15.3. The third kappa shape index (κ3) is 3.49. The Labute approximate surface area is 98.1 Å². The van der Waals surface area contributed by atoms with Crippen LogP contribution in [0.5, 0.6) is 0 Å². The summed E-state index contributed by atoms with van der Waals surface area (Å²) in [5.41, 5.74) is -0.848. The van der Waals surface area contributed by atoms with Crippen LogP contribution in [0.2, 0.25) is 0 Å². The molecule has 0 aromatic carbocycles. The zero-order chi connectivity index (χ0) is 15.0. The molecule has 0 aromatic heterocycles. The van der Waals surface area contributed by atoms with Crippen LogP contribution in [0.15, 0.2) is 0 Å². The molecule has 0 unspecified atom stereocenters. The molecule has 2 nitrogen and oxygen atoms in total. The van der Waals surface area contributed by atoms with Crippen molar-refractivity contribution in [2.75, 3.05) is 6.61 Å². The highest BCUT2D eigenvalue weighted by Crippen LogP contribution is 2.47. The molecule has 0 fully saturated rings. The highest BCUT2D eigenvalue weighted by molar-refractivity contribution is 5.79. The van der Waals surface area contributed by atoms with Crippen molar-refractivity contribution in [1.29, 1.82) is 0 Å². The van der Waals surface area contributed by atoms with Crippen LogP contribution in [0, 0.1) is 5.41 Å². The van der Waals surface area contributed by atoms with Crippen LogP contribution in [-0.4, -0.2) is 30.6 Å². The minimum atomic E-state index is -6.54. The first kappa shape index (κ1) is 17.0. The third-order valence-electron chi connectivity index (χ3n) is 1.64. The lowest BCUT2D eigenvalue weighted by Crippen LogP contribution is -2.56. The number of carbonyl (C=O) groups is 1. The van der Waals surface area contributed by atoms with Crippen molar-refractivity contribution in [3.63, 3.8) is 0 Å². The van der Waals surface area contributed by atoms with Gasteiger partial charge >= 0.3 is 24.0 Å². The number of hydrogen-bond donors (Lipinski definition) is 0. The second kappa shape index (κ2) is 4.58. The van der Waals surface area contributed by atoms with Crippen molar-refractivity contribution < 1.29 is 40.3 Å². The average Bonchev–Trinajstić information content (AvgIpc) is 2.10. The Kier molecular flexibility index (Phi) is 4.32. The maximum absolute atomic E-state index is 12.7. The normalized spacial score (nSPS) is 14.6. The summed E-state index contributed by atoms with van der Waals surface area (Å²) < 4.78 is 89.2. The highest BCUT2D eigenvalue weighted by atomic mass is 19.4. The molecule has 18 heavy (non-hydrogen) atoms. The summed E-state index contributed by atoms with van der Waals surface area (Å²) in [6.45, 7) is 3.54. The minimum absolute atomic E-state index is 0.713. The van der Waals surface area contributed by atoms with E-state index in [1.54, 1.807) is 0 Å². The van der Waals surface area contributed by atoms with Crippen molar-refractivity contribution in [1.82, 2.24) is 0 Å². The minimum Gasteiger partial charge on any atom is -0.461 e. The van der Waals surface area contributed by atoms with Gasteiger partial charge in [-0.2, -0.15) is 30.7 Å². The van der Waals surface area contributed by atoms with Gasteiger partial charge in [0.15, 0.2) is 0 Å². The molecule has 0 amide bonds. The van der Waals surface area contributed by atoms with Gasteiger partial charge in [-0.1, -0.05) is 20.8 Å². The first-order valence-corrected chi connectivity index (χ1v) is 4.62. The fraction of sp³-hybridized carbons (Fsp3) is 0.889. The molecule has 0 aliphatic rings. The van der Waals surface area contributed by atoms with E-state index in [-0.39, 0.29) is 0 Å². The van der Waals surface area contributed by atoms with Gasteiger partial charge in [0.2, 0.25) is 0 Å². The number of ether oxygens (including phenoxy) is 1. The SMILES string of the molecule is CC(C)(C)COC(=O)C(F)(F)C(F)(F)C(F)(F)F. The summed E-state index contributed by atoms with van der Waals surface area (Å²) in [7, 11) is 0. The molecule has 0 aliphatic carbocycles. The standard InChI is InChI=1S/C9H11F7O2/c1-6(2,3)4-18-5(17)7(10,11)8(12,13)9(14,15)16/h4H2,1-3H3. The van der Waals surface area contributed by atoms with Gasteiger partial charge in [-0.3, -0.25) is 0 Å². The summed E-state index contributed by atoms with van der Waals surface area (Å²) in [4.78, 5) is 10.7. The van der Waals surface area contributed by atoms with Gasteiger partial charge in [-0.25, -0.2) is 4.79 Å². The van der Waals surface area contributed by atoms with Crippen molar-refractivity contribution in [3.05, 3.63) is 0 Å². The molecule has 0 saturated heterocycles. The molecule has 0 spiro atoms. The zero-order valence-electron chi connectivity index (χ0n) is 9.67. The van der Waals surface area contributed by atoms with E-state index < -0.39 is 36.0 Å². The molecule has 0 saturated carbocycles. The molecule has 108 valence electrons. The number of halogens is 7. The molecular formula is C9H11F7O2. The Hall–Kier alpha value is -1.02. The lowest BCUT2D eigenvalue weighted by atomic mass is 9.98. The van der Waals surface area contributed by atoms with Crippen LogP contribution in [0.3, 0.4) is 0 Å². The molecule has 9 heteroatoms. The zero-order valence-corrected chi connectivity index (χ0v) is 9.67. The van der Waals surface area contributed by atoms with Gasteiger partial charge in [-0.05, 0) is 5.41 Å². The molecule has 0 N–H and O–H groups in total. The van der Waals surface area contributed by atoms with Crippen LogP contribution in [0.4, 0.5) is 30.7 Å². The van der Waals surface area contributed by atoms with Crippen LogP contribution in [0.25, 0.3) is 0 Å². The first-order chi connectivity index (χ1) is 7.63. The lowest BCUT2D eigenvalue weighted by Gasteiger charge is -2.27. The van der Waals surface area contributed by atoms with Crippen LogP contribution >= 0.6 is 0 Å². The van der Waals surface area contributed by atoms with Crippen LogP contribution in [-0.2, 0) is 9.53 Å². The molecule has 0 atom stereocenters. The Bertz CT molecular complexity index is 314. The lowest BCUT2D eigenvalue weighted by molar-refractivity contribution is -0.348. The maximum atomic E-state index is 12.7. The van der Waals surface area contributed by atoms with E-state index in [9.17, 15) is 35.5 Å². The first-order valence-electron chi connectivity index (χ1n) is 4.62. The van der Waals surface area contributed by atoms with Gasteiger partial charge in [-0.15, -0.1) is 0 Å². The molecule has 0 bridgehead atoms. The Morgan fingerprint density at radius 3 is 1.61 bits per heavy atom.